The Morgan fingerprint density at radius 2 is 2.09 bits per heavy atom. The molecule has 66 valence electrons. The Hall–Kier alpha value is -0.700. The molecule has 0 rings (SSSR count). The number of hydrogen-bond donors (Lipinski definition) is 2. The van der Waals surface area contributed by atoms with Crippen LogP contribution in [-0.4, -0.2) is 22.9 Å². The van der Waals surface area contributed by atoms with Crippen LogP contribution >= 0.6 is 0 Å². The molecule has 0 aromatic carbocycles. The van der Waals surface area contributed by atoms with Gasteiger partial charge < -0.3 is 14.9 Å². The Labute approximate surface area is 67.3 Å². The van der Waals surface area contributed by atoms with Crippen LogP contribution in [0.3, 0.4) is 0 Å². The molecule has 1 atom stereocenters. The van der Waals surface area contributed by atoms with Gasteiger partial charge in [-0.2, -0.15) is 0 Å². The van der Waals surface area contributed by atoms with Gasteiger partial charge in [-0.3, -0.25) is 0 Å². The van der Waals surface area contributed by atoms with Crippen molar-refractivity contribution in [3.63, 3.8) is 0 Å². The number of rotatable bonds is 4. The molecule has 0 bridgehead atoms. The molecule has 11 heavy (non-hydrogen) atoms. The molecule has 0 spiro atoms. The third kappa shape index (κ3) is 4.67. The van der Waals surface area contributed by atoms with Gasteiger partial charge in [-0.1, -0.05) is 13.8 Å². The summed E-state index contributed by atoms with van der Waals surface area (Å²) < 4.78 is 4.72. The van der Waals surface area contributed by atoms with Crippen molar-refractivity contribution in [2.24, 2.45) is 5.92 Å². The van der Waals surface area contributed by atoms with Crippen LogP contribution in [0.15, 0.2) is 12.0 Å². The molecule has 0 aromatic rings. The highest BCUT2D eigenvalue weighted by Crippen LogP contribution is 2.04. The second-order valence-corrected chi connectivity index (χ2v) is 2.67. The highest BCUT2D eigenvalue weighted by molar-refractivity contribution is 4.90. The zero-order valence-electron chi connectivity index (χ0n) is 7.24. The number of aliphatic hydroxyl groups is 2. The number of aliphatic hydroxyl groups excluding tert-OH is 2. The molecule has 2 N–H and O–H groups in total. The van der Waals surface area contributed by atoms with Gasteiger partial charge in [0.1, 0.15) is 0 Å². The minimum absolute atomic E-state index is 0.0950. The first-order chi connectivity index (χ1) is 5.07. The molecule has 0 aliphatic rings. The maximum atomic E-state index is 9.21. The van der Waals surface area contributed by atoms with Crippen molar-refractivity contribution in [3.8, 4) is 0 Å². The van der Waals surface area contributed by atoms with Crippen LogP contribution < -0.4 is 0 Å². The first kappa shape index (κ1) is 10.3. The van der Waals surface area contributed by atoms with Gasteiger partial charge in [0, 0.05) is 6.08 Å². The van der Waals surface area contributed by atoms with Crippen LogP contribution in [0.5, 0.6) is 0 Å². The quantitative estimate of drug-likeness (QED) is 0.612. The predicted octanol–water partition coefficient (Wildman–Crippen LogP) is 1.44. The fourth-order valence-electron chi connectivity index (χ4n) is 0.535. The summed E-state index contributed by atoms with van der Waals surface area (Å²) in [7, 11) is 0. The van der Waals surface area contributed by atoms with E-state index in [9.17, 15) is 5.11 Å². The average Bonchev–Trinajstić information content (AvgIpc) is 1.87. The zero-order valence-corrected chi connectivity index (χ0v) is 7.24. The lowest BCUT2D eigenvalue weighted by Gasteiger charge is -2.09. The molecule has 0 aliphatic heterocycles. The monoisotopic (exact) mass is 160 g/mol. The summed E-state index contributed by atoms with van der Waals surface area (Å²) in [6, 6.07) is 0. The second kappa shape index (κ2) is 5.02. The van der Waals surface area contributed by atoms with Gasteiger partial charge >= 0.3 is 0 Å². The average molecular weight is 160 g/mol. The summed E-state index contributed by atoms with van der Waals surface area (Å²) >= 11 is 0. The van der Waals surface area contributed by atoms with Crippen molar-refractivity contribution >= 4 is 0 Å². The van der Waals surface area contributed by atoms with E-state index < -0.39 is 6.10 Å². The SMILES string of the molecule is CCOC(O)=CC(O)C(C)C. The van der Waals surface area contributed by atoms with E-state index in [0.717, 1.165) is 0 Å². The van der Waals surface area contributed by atoms with E-state index in [1.54, 1.807) is 6.92 Å². The van der Waals surface area contributed by atoms with Gasteiger partial charge in [-0.25, -0.2) is 0 Å². The van der Waals surface area contributed by atoms with Gasteiger partial charge in [0.05, 0.1) is 12.7 Å². The van der Waals surface area contributed by atoms with Crippen molar-refractivity contribution in [1.82, 2.24) is 0 Å². The summed E-state index contributed by atoms with van der Waals surface area (Å²) in [6.45, 7) is 5.90. The van der Waals surface area contributed by atoms with E-state index in [4.69, 9.17) is 9.84 Å². The van der Waals surface area contributed by atoms with Crippen molar-refractivity contribution in [2.45, 2.75) is 26.9 Å². The molecule has 0 aliphatic carbocycles. The lowest BCUT2D eigenvalue weighted by atomic mass is 10.1. The van der Waals surface area contributed by atoms with Gasteiger partial charge in [-0.05, 0) is 12.8 Å². The maximum Gasteiger partial charge on any atom is 0.275 e. The minimum Gasteiger partial charge on any atom is -0.481 e. The molecule has 0 heterocycles. The van der Waals surface area contributed by atoms with Crippen LogP contribution in [0.2, 0.25) is 0 Å². The van der Waals surface area contributed by atoms with Crippen molar-refractivity contribution in [2.75, 3.05) is 6.61 Å². The fraction of sp³-hybridized carbons (Fsp3) is 0.750. The molecule has 0 saturated heterocycles. The largest absolute Gasteiger partial charge is 0.481 e. The second-order valence-electron chi connectivity index (χ2n) is 2.67. The van der Waals surface area contributed by atoms with E-state index in [1.807, 2.05) is 13.8 Å². The van der Waals surface area contributed by atoms with Crippen LogP contribution in [0.4, 0.5) is 0 Å². The van der Waals surface area contributed by atoms with Gasteiger partial charge in [0.2, 0.25) is 0 Å². The normalized spacial score (nSPS) is 15.2. The van der Waals surface area contributed by atoms with E-state index in [1.165, 1.54) is 6.08 Å². The number of ether oxygens (including phenoxy) is 1. The lowest BCUT2D eigenvalue weighted by Crippen LogP contribution is -2.12. The minimum atomic E-state index is -0.637. The summed E-state index contributed by atoms with van der Waals surface area (Å²) in [5.74, 6) is -0.105. The third-order valence-electron chi connectivity index (χ3n) is 1.29. The summed E-state index contributed by atoms with van der Waals surface area (Å²) in [5.41, 5.74) is 0. The molecular formula is C8H16O3. The predicted molar refractivity (Wildman–Crippen MR) is 43.2 cm³/mol. The Morgan fingerprint density at radius 3 is 2.45 bits per heavy atom. The van der Waals surface area contributed by atoms with Crippen LogP contribution in [0.1, 0.15) is 20.8 Å². The number of hydrogen-bond acceptors (Lipinski definition) is 3. The van der Waals surface area contributed by atoms with E-state index in [0.29, 0.717) is 6.61 Å². The summed E-state index contributed by atoms with van der Waals surface area (Å²) in [4.78, 5) is 0. The Balaban J connectivity index is 3.86. The van der Waals surface area contributed by atoms with Crippen molar-refractivity contribution in [3.05, 3.63) is 12.0 Å². The Kier molecular flexibility index (Phi) is 4.70. The van der Waals surface area contributed by atoms with Crippen LogP contribution in [0.25, 0.3) is 0 Å². The molecule has 0 radical (unpaired) electrons. The molecule has 0 aromatic heterocycles. The molecule has 1 unspecified atom stereocenters. The van der Waals surface area contributed by atoms with E-state index in [-0.39, 0.29) is 11.9 Å². The highest BCUT2D eigenvalue weighted by atomic mass is 16.6. The summed E-state index contributed by atoms with van der Waals surface area (Å²) in [6.07, 6.45) is 0.662. The lowest BCUT2D eigenvalue weighted by molar-refractivity contribution is 0.0871. The zero-order chi connectivity index (χ0) is 8.85. The van der Waals surface area contributed by atoms with E-state index >= 15 is 0 Å². The Morgan fingerprint density at radius 1 is 1.55 bits per heavy atom. The van der Waals surface area contributed by atoms with Crippen molar-refractivity contribution in [1.29, 1.82) is 0 Å². The first-order valence-corrected chi connectivity index (χ1v) is 3.79. The summed E-state index contributed by atoms with van der Waals surface area (Å²) in [5, 5.41) is 18.2. The van der Waals surface area contributed by atoms with Crippen LogP contribution in [0, 0.1) is 5.92 Å². The van der Waals surface area contributed by atoms with Crippen molar-refractivity contribution < 1.29 is 14.9 Å². The van der Waals surface area contributed by atoms with Gasteiger partial charge in [0.15, 0.2) is 0 Å². The van der Waals surface area contributed by atoms with E-state index in [2.05, 4.69) is 0 Å². The molecule has 0 amide bonds. The smallest absolute Gasteiger partial charge is 0.275 e. The highest BCUT2D eigenvalue weighted by Gasteiger charge is 2.07. The Bertz CT molecular complexity index is 129. The molecule has 3 nitrogen and oxygen atoms in total. The maximum absolute atomic E-state index is 9.21. The third-order valence-corrected chi connectivity index (χ3v) is 1.29. The molecule has 0 fully saturated rings. The topological polar surface area (TPSA) is 49.7 Å². The molecule has 0 saturated carbocycles. The van der Waals surface area contributed by atoms with Gasteiger partial charge in [-0.15, -0.1) is 0 Å². The first-order valence-electron chi connectivity index (χ1n) is 3.79. The molecular weight excluding hydrogens is 144 g/mol. The molecule has 3 heteroatoms. The fourth-order valence-corrected chi connectivity index (χ4v) is 0.535. The van der Waals surface area contributed by atoms with Gasteiger partial charge in [0.25, 0.3) is 5.95 Å². The van der Waals surface area contributed by atoms with Crippen LogP contribution in [-0.2, 0) is 4.74 Å². The standard InChI is InChI=1S/C8H16O3/c1-4-11-8(10)5-7(9)6(2)3/h5-7,9-10H,4H2,1-3H3.